The summed E-state index contributed by atoms with van der Waals surface area (Å²) < 4.78 is 1.87. The Balaban J connectivity index is 1.54. The number of aromatic nitrogens is 2. The van der Waals surface area contributed by atoms with Gasteiger partial charge in [0.2, 0.25) is 5.91 Å². The molecule has 26 heavy (non-hydrogen) atoms. The van der Waals surface area contributed by atoms with Crippen molar-refractivity contribution >= 4 is 35.0 Å². The highest BCUT2D eigenvalue weighted by atomic mass is 35.5. The van der Waals surface area contributed by atoms with Crippen molar-refractivity contribution in [1.29, 1.82) is 0 Å². The van der Waals surface area contributed by atoms with Crippen LogP contribution in [0.25, 0.3) is 0 Å². The fourth-order valence-corrected chi connectivity index (χ4v) is 4.00. The van der Waals surface area contributed by atoms with Crippen LogP contribution in [0.2, 0.25) is 5.02 Å². The summed E-state index contributed by atoms with van der Waals surface area (Å²) >= 11 is 7.37. The minimum absolute atomic E-state index is 0.0708. The number of thioether (sulfide) groups is 1. The normalized spacial score (nSPS) is 14.5. The Kier molecular flexibility index (Phi) is 6.21. The summed E-state index contributed by atoms with van der Waals surface area (Å²) in [4.78, 5) is 32.1. The van der Waals surface area contributed by atoms with Crippen molar-refractivity contribution in [3.63, 3.8) is 0 Å². The molecule has 3 rings (SSSR count). The summed E-state index contributed by atoms with van der Waals surface area (Å²) in [7, 11) is 0. The summed E-state index contributed by atoms with van der Waals surface area (Å²) in [6.45, 7) is 5.60. The molecule has 0 saturated carbocycles. The Morgan fingerprint density at radius 1 is 1.23 bits per heavy atom. The molecule has 0 atom stereocenters. The molecule has 1 aromatic carbocycles. The zero-order chi connectivity index (χ0) is 18.5. The number of hydrogen-bond acceptors (Lipinski definition) is 5. The second-order valence-electron chi connectivity index (χ2n) is 5.97. The van der Waals surface area contributed by atoms with Gasteiger partial charge in [0.05, 0.1) is 5.75 Å². The van der Waals surface area contributed by atoms with Gasteiger partial charge in [-0.05, 0) is 25.1 Å². The van der Waals surface area contributed by atoms with Crippen LogP contribution in [-0.4, -0.2) is 52.3 Å². The molecule has 2 heterocycles. The van der Waals surface area contributed by atoms with E-state index in [2.05, 4.69) is 9.88 Å². The smallest absolute Gasteiger partial charge is 0.273 e. The van der Waals surface area contributed by atoms with Crippen molar-refractivity contribution in [3.05, 3.63) is 51.9 Å². The Morgan fingerprint density at radius 2 is 2.00 bits per heavy atom. The lowest BCUT2D eigenvalue weighted by molar-refractivity contribution is -0.128. The van der Waals surface area contributed by atoms with Crippen LogP contribution in [0.5, 0.6) is 0 Å². The van der Waals surface area contributed by atoms with E-state index in [4.69, 9.17) is 11.6 Å². The van der Waals surface area contributed by atoms with Gasteiger partial charge < -0.3 is 14.4 Å². The lowest BCUT2D eigenvalue weighted by Crippen LogP contribution is -2.49. The maximum absolute atomic E-state index is 12.5. The van der Waals surface area contributed by atoms with Crippen LogP contribution in [0.3, 0.4) is 0 Å². The second-order valence-corrected chi connectivity index (χ2v) is 7.35. The number of carbonyl (C=O) groups is 1. The third kappa shape index (κ3) is 4.59. The van der Waals surface area contributed by atoms with Gasteiger partial charge >= 0.3 is 0 Å². The topological polar surface area (TPSA) is 58.4 Å². The van der Waals surface area contributed by atoms with Crippen molar-refractivity contribution in [1.82, 2.24) is 14.5 Å². The first-order chi connectivity index (χ1) is 12.6. The first kappa shape index (κ1) is 18.8. The van der Waals surface area contributed by atoms with Gasteiger partial charge in [-0.1, -0.05) is 29.4 Å². The van der Waals surface area contributed by atoms with Gasteiger partial charge in [0.25, 0.3) is 5.56 Å². The molecular weight excluding hydrogens is 372 g/mol. The van der Waals surface area contributed by atoms with Gasteiger partial charge in [-0.25, -0.2) is 0 Å². The third-order valence-electron chi connectivity index (χ3n) is 4.32. The monoisotopic (exact) mass is 392 g/mol. The fourth-order valence-electron chi connectivity index (χ4n) is 2.87. The van der Waals surface area contributed by atoms with E-state index in [-0.39, 0.29) is 17.2 Å². The van der Waals surface area contributed by atoms with E-state index in [1.54, 1.807) is 6.20 Å². The Morgan fingerprint density at radius 3 is 2.69 bits per heavy atom. The predicted molar refractivity (Wildman–Crippen MR) is 105 cm³/mol. The van der Waals surface area contributed by atoms with E-state index in [0.29, 0.717) is 24.8 Å². The van der Waals surface area contributed by atoms with Crippen molar-refractivity contribution in [2.24, 2.45) is 0 Å². The molecule has 138 valence electrons. The van der Waals surface area contributed by atoms with Gasteiger partial charge in [0.15, 0.2) is 5.16 Å². The first-order valence-corrected chi connectivity index (χ1v) is 9.92. The summed E-state index contributed by atoms with van der Waals surface area (Å²) in [6.07, 6.45) is 1.71. The molecule has 8 heteroatoms. The van der Waals surface area contributed by atoms with Crippen LogP contribution < -0.4 is 10.5 Å². The molecule has 1 amide bonds. The predicted octanol–water partition coefficient (Wildman–Crippen LogP) is 2.36. The number of amides is 1. The van der Waals surface area contributed by atoms with Crippen LogP contribution >= 0.6 is 23.4 Å². The number of anilines is 1. The van der Waals surface area contributed by atoms with Gasteiger partial charge in [0.1, 0.15) is 0 Å². The maximum atomic E-state index is 12.5. The highest BCUT2D eigenvalue weighted by Gasteiger charge is 2.21. The quantitative estimate of drug-likeness (QED) is 0.577. The molecule has 1 saturated heterocycles. The number of nitrogens with zero attached hydrogens (tertiary/aromatic N) is 4. The standard InChI is InChI=1S/C18H21ClN4O2S/c1-2-21-7-6-16(24)20-18(21)26-13-17(25)23-10-8-22(9-11-23)15-5-3-4-14(19)12-15/h3-7,12H,2,8-11,13H2,1H3. The van der Waals surface area contributed by atoms with E-state index >= 15 is 0 Å². The van der Waals surface area contributed by atoms with Gasteiger partial charge in [0, 0.05) is 55.7 Å². The number of rotatable bonds is 5. The zero-order valence-corrected chi connectivity index (χ0v) is 16.2. The number of hydrogen-bond donors (Lipinski definition) is 0. The van der Waals surface area contributed by atoms with Crippen molar-refractivity contribution in [2.45, 2.75) is 18.6 Å². The largest absolute Gasteiger partial charge is 0.368 e. The molecular formula is C18H21ClN4O2S. The van der Waals surface area contributed by atoms with Gasteiger partial charge in [-0.3, -0.25) is 9.59 Å². The van der Waals surface area contributed by atoms with Crippen molar-refractivity contribution < 1.29 is 4.79 Å². The van der Waals surface area contributed by atoms with E-state index in [1.165, 1.54) is 17.8 Å². The molecule has 1 aliphatic heterocycles. The number of carbonyl (C=O) groups excluding carboxylic acids is 1. The summed E-state index contributed by atoms with van der Waals surface area (Å²) in [5.41, 5.74) is 0.805. The molecule has 1 aliphatic rings. The molecule has 0 bridgehead atoms. The number of piperazine rings is 1. The van der Waals surface area contributed by atoms with E-state index in [1.807, 2.05) is 40.7 Å². The molecule has 2 aromatic rings. The first-order valence-electron chi connectivity index (χ1n) is 8.55. The SMILES string of the molecule is CCn1ccc(=O)nc1SCC(=O)N1CCN(c2cccc(Cl)c2)CC1. The van der Waals surface area contributed by atoms with Crippen LogP contribution in [0.4, 0.5) is 5.69 Å². The van der Waals surface area contributed by atoms with Crippen LogP contribution in [-0.2, 0) is 11.3 Å². The molecule has 0 aliphatic carbocycles. The van der Waals surface area contributed by atoms with E-state index in [9.17, 15) is 9.59 Å². The van der Waals surface area contributed by atoms with Crippen LogP contribution in [0.1, 0.15) is 6.92 Å². The average Bonchev–Trinajstić information content (AvgIpc) is 2.66. The van der Waals surface area contributed by atoms with E-state index < -0.39 is 0 Å². The molecule has 1 fully saturated rings. The molecule has 1 aromatic heterocycles. The average molecular weight is 393 g/mol. The van der Waals surface area contributed by atoms with Crippen molar-refractivity contribution in [3.8, 4) is 0 Å². The van der Waals surface area contributed by atoms with E-state index in [0.717, 1.165) is 23.8 Å². The van der Waals surface area contributed by atoms with Crippen molar-refractivity contribution in [2.75, 3.05) is 36.8 Å². The lowest BCUT2D eigenvalue weighted by Gasteiger charge is -2.36. The van der Waals surface area contributed by atoms with Crippen LogP contribution in [0, 0.1) is 0 Å². The number of benzene rings is 1. The molecule has 0 N–H and O–H groups in total. The number of halogens is 1. The second kappa shape index (κ2) is 8.60. The number of aryl methyl sites for hydroxylation is 1. The minimum Gasteiger partial charge on any atom is -0.368 e. The van der Waals surface area contributed by atoms with Gasteiger partial charge in [-0.2, -0.15) is 4.98 Å². The molecule has 6 nitrogen and oxygen atoms in total. The Hall–Kier alpha value is -1.99. The highest BCUT2D eigenvalue weighted by Crippen LogP contribution is 2.21. The molecule has 0 radical (unpaired) electrons. The zero-order valence-electron chi connectivity index (χ0n) is 14.6. The highest BCUT2D eigenvalue weighted by molar-refractivity contribution is 7.99. The summed E-state index contributed by atoms with van der Waals surface area (Å²) in [5, 5.41) is 1.31. The third-order valence-corrected chi connectivity index (χ3v) is 5.53. The van der Waals surface area contributed by atoms with Crippen LogP contribution in [0.15, 0.2) is 46.5 Å². The fraction of sp³-hybridized carbons (Fsp3) is 0.389. The van der Waals surface area contributed by atoms with Gasteiger partial charge in [-0.15, -0.1) is 0 Å². The Bertz CT molecular complexity index is 834. The molecule has 0 spiro atoms. The minimum atomic E-state index is -0.278. The summed E-state index contributed by atoms with van der Waals surface area (Å²) in [6, 6.07) is 9.20. The lowest BCUT2D eigenvalue weighted by atomic mass is 10.2. The maximum Gasteiger partial charge on any atom is 0.273 e. The molecule has 0 unspecified atom stereocenters. The Labute approximate surface area is 161 Å². The summed E-state index contributed by atoms with van der Waals surface area (Å²) in [5.74, 6) is 0.356.